The molecular weight excluding hydrogens is 505 g/mol. The molecule has 0 spiro atoms. The molecule has 0 saturated heterocycles. The molecular formula is C21H15AsF6O2S. The van der Waals surface area contributed by atoms with Gasteiger partial charge in [-0.1, -0.05) is 36.4 Å². The molecule has 0 saturated carbocycles. The van der Waals surface area contributed by atoms with Gasteiger partial charge in [-0.15, -0.1) is 0 Å². The van der Waals surface area contributed by atoms with Gasteiger partial charge in [-0.2, -0.15) is 0 Å². The summed E-state index contributed by atoms with van der Waals surface area (Å²) in [5, 5.41) is 0.933. The van der Waals surface area contributed by atoms with Crippen LogP contribution in [0.4, 0.5) is 20.8 Å². The van der Waals surface area contributed by atoms with E-state index in [1.807, 2.05) is 24.3 Å². The summed E-state index contributed by atoms with van der Waals surface area (Å²) in [6.07, 6.45) is 0. The molecule has 10 heteroatoms. The average Bonchev–Trinajstić information content (AvgIpc) is 2.67. The second kappa shape index (κ2) is 7.80. The Hall–Kier alpha value is -2.64. The van der Waals surface area contributed by atoms with Crippen molar-refractivity contribution in [3.8, 4) is 0 Å². The van der Waals surface area contributed by atoms with Crippen LogP contribution in [0.15, 0.2) is 115 Å². The van der Waals surface area contributed by atoms with Crippen LogP contribution in [0.25, 0.3) is 11.0 Å². The van der Waals surface area contributed by atoms with E-state index in [2.05, 4.69) is 54.6 Å². The molecule has 0 atom stereocenters. The number of hydrogen-bond acceptors (Lipinski definition) is 2. The molecule has 0 bridgehead atoms. The van der Waals surface area contributed by atoms with Crippen LogP contribution in [0, 0.1) is 0 Å². The summed E-state index contributed by atoms with van der Waals surface area (Å²) in [5.41, 5.74) is 0.309. The molecule has 4 rings (SSSR count). The fraction of sp³-hybridized carbons (Fsp3) is 0. The second-order valence-corrected chi connectivity index (χ2v) is 12.4. The maximum absolute atomic E-state index is 11.5. The summed E-state index contributed by atoms with van der Waals surface area (Å²) >= 11 is -11.1. The van der Waals surface area contributed by atoms with Crippen LogP contribution in [0.1, 0.15) is 0 Å². The molecule has 0 fully saturated rings. The Balaban J connectivity index is 0.000000339. The number of hydrogen-bond donors (Lipinski definition) is 0. The zero-order valence-electron chi connectivity index (χ0n) is 15.6. The van der Waals surface area contributed by atoms with Crippen molar-refractivity contribution < 1.29 is 25.2 Å². The number of fused-ring (bicyclic) bond motifs is 1. The van der Waals surface area contributed by atoms with E-state index in [0.29, 0.717) is 5.58 Å². The maximum Gasteiger partial charge on any atom is 0.336 e. The topological polar surface area (TPSA) is 30.2 Å². The fourth-order valence-electron chi connectivity index (χ4n) is 2.69. The van der Waals surface area contributed by atoms with Gasteiger partial charge in [0.15, 0.2) is 14.7 Å². The van der Waals surface area contributed by atoms with E-state index >= 15 is 0 Å². The van der Waals surface area contributed by atoms with E-state index in [1.54, 1.807) is 6.07 Å². The van der Waals surface area contributed by atoms with E-state index in [4.69, 9.17) is 4.42 Å². The van der Waals surface area contributed by atoms with Gasteiger partial charge < -0.3 is 4.42 Å². The van der Waals surface area contributed by atoms with E-state index < -0.39 is 14.2 Å². The molecule has 0 aliphatic rings. The van der Waals surface area contributed by atoms with Crippen LogP contribution >= 0.6 is 0 Å². The Morgan fingerprint density at radius 2 is 1.06 bits per heavy atom. The third-order valence-corrected chi connectivity index (χ3v) is 6.00. The zero-order valence-corrected chi connectivity index (χ0v) is 18.3. The van der Waals surface area contributed by atoms with Crippen LogP contribution < -0.4 is 5.63 Å². The first kappa shape index (κ1) is 23.0. The largest absolute Gasteiger partial charge is 0.423 e. The van der Waals surface area contributed by atoms with Gasteiger partial charge in [0.2, 0.25) is 0 Å². The summed E-state index contributed by atoms with van der Waals surface area (Å²) in [4.78, 5) is 15.1. The molecule has 2 nitrogen and oxygen atoms in total. The maximum atomic E-state index is 11.5. The molecule has 0 aliphatic carbocycles. The Morgan fingerprint density at radius 3 is 1.55 bits per heavy atom. The zero-order chi connectivity index (χ0) is 22.8. The van der Waals surface area contributed by atoms with Gasteiger partial charge in [-0.3, -0.25) is 0 Å². The normalized spacial score (nSPS) is 13.8. The van der Waals surface area contributed by atoms with Gasteiger partial charge in [0.05, 0.1) is 10.9 Å². The molecule has 4 aromatic rings. The van der Waals surface area contributed by atoms with Crippen LogP contribution in [0.5, 0.6) is 0 Å². The first-order valence-electron chi connectivity index (χ1n) is 8.71. The number of benzene rings is 3. The smallest absolute Gasteiger partial charge is 0.336 e. The van der Waals surface area contributed by atoms with E-state index in [0.717, 1.165) is 10.3 Å². The van der Waals surface area contributed by atoms with Crippen molar-refractivity contribution in [3.05, 3.63) is 101 Å². The molecule has 164 valence electrons. The van der Waals surface area contributed by atoms with Gasteiger partial charge in [0.25, 0.3) is 0 Å². The van der Waals surface area contributed by atoms with Crippen LogP contribution in [0.3, 0.4) is 0 Å². The summed E-state index contributed by atoms with van der Waals surface area (Å²) in [6, 6.07) is 30.2. The summed E-state index contributed by atoms with van der Waals surface area (Å²) in [7, 11) is -0.239. The van der Waals surface area contributed by atoms with E-state index in [1.165, 1.54) is 15.9 Å². The molecule has 0 radical (unpaired) electrons. The molecule has 0 amide bonds. The predicted molar refractivity (Wildman–Crippen MR) is 110 cm³/mol. The van der Waals surface area contributed by atoms with E-state index in [-0.39, 0.29) is 16.5 Å². The molecule has 3 aromatic carbocycles. The molecule has 1 heterocycles. The van der Waals surface area contributed by atoms with Crippen molar-refractivity contribution in [2.24, 2.45) is 0 Å². The Morgan fingerprint density at radius 1 is 0.613 bits per heavy atom. The van der Waals surface area contributed by atoms with Crippen LogP contribution in [-0.4, -0.2) is 14.2 Å². The van der Waals surface area contributed by atoms with Gasteiger partial charge in [-0.05, 0) is 42.5 Å². The molecule has 1 aromatic heterocycles. The molecule has 0 aliphatic heterocycles. The Bertz CT molecular complexity index is 1190. The second-order valence-electron chi connectivity index (χ2n) is 6.34. The monoisotopic (exact) mass is 520 g/mol. The molecule has 31 heavy (non-hydrogen) atoms. The number of rotatable bonds is 3. The summed E-state index contributed by atoms with van der Waals surface area (Å²) in [6.45, 7) is 0. The fourth-order valence-corrected chi connectivity index (χ4v) is 4.79. The summed E-state index contributed by atoms with van der Waals surface area (Å²) < 4.78 is 64.8. The first-order chi connectivity index (χ1) is 14.3. The van der Waals surface area contributed by atoms with Gasteiger partial charge in [-0.25, -0.2) is 4.79 Å². The SMILES string of the molecule is F[As-](F)(F)(F)(F)F.O=c1ccc2ccc([S+](c3ccccc3)c3ccccc3)cc2o1. The van der Waals surface area contributed by atoms with Crippen molar-refractivity contribution in [2.75, 3.05) is 0 Å². The third-order valence-electron chi connectivity index (χ3n) is 3.79. The quantitative estimate of drug-likeness (QED) is 0.126. The Kier molecular flexibility index (Phi) is 5.80. The van der Waals surface area contributed by atoms with Crippen molar-refractivity contribution in [3.63, 3.8) is 0 Å². The average molecular weight is 520 g/mol. The van der Waals surface area contributed by atoms with Crippen molar-refractivity contribution in [2.45, 2.75) is 14.7 Å². The summed E-state index contributed by atoms with van der Waals surface area (Å²) in [5.74, 6) is 0. The van der Waals surface area contributed by atoms with Gasteiger partial charge in [0, 0.05) is 17.5 Å². The standard InChI is InChI=1S/C21H15O2S.AsF6/c22-21-14-12-16-11-13-19(15-20(16)23-21)24(17-7-3-1-4-8-17)18-9-5-2-6-10-18;2-1(3,4,5,6)7/h1-15H;/q+1;-1. The van der Waals surface area contributed by atoms with Crippen LogP contribution in [-0.2, 0) is 10.9 Å². The third kappa shape index (κ3) is 7.84. The molecule has 0 unspecified atom stereocenters. The first-order valence-corrected chi connectivity index (χ1v) is 14.2. The van der Waals surface area contributed by atoms with Crippen molar-refractivity contribution in [1.29, 1.82) is 0 Å². The Labute approximate surface area is 177 Å². The minimum Gasteiger partial charge on any atom is -0.423 e. The van der Waals surface area contributed by atoms with Crippen LogP contribution in [0.2, 0.25) is 0 Å². The van der Waals surface area contributed by atoms with E-state index in [9.17, 15) is 25.6 Å². The number of halogens is 6. The van der Waals surface area contributed by atoms with Gasteiger partial charge >= 0.3 is 40.6 Å². The minimum absolute atomic E-state index is 0.239. The van der Waals surface area contributed by atoms with Crippen molar-refractivity contribution in [1.82, 2.24) is 0 Å². The van der Waals surface area contributed by atoms with Gasteiger partial charge in [0.1, 0.15) is 5.58 Å². The van der Waals surface area contributed by atoms with Crippen molar-refractivity contribution >= 4 is 36.0 Å². The molecule has 0 N–H and O–H groups in total. The predicted octanol–water partition coefficient (Wildman–Crippen LogP) is 7.03. The minimum atomic E-state index is -11.1.